The Balaban J connectivity index is 2.58. The Morgan fingerprint density at radius 1 is 1.31 bits per heavy atom. The standard InChI is InChI=1S/C8H6N4O3S/c13-16(14,15)8-11-10-7-9-5-3-1-2-4-6(5)12(7)8/h1-4H,(H,9,10)(H,13,14,15). The number of para-hydroxylation sites is 2. The van der Waals surface area contributed by atoms with Gasteiger partial charge in [-0.3, -0.25) is 4.55 Å². The molecule has 0 aliphatic heterocycles. The van der Waals surface area contributed by atoms with Gasteiger partial charge in [-0.05, 0) is 12.1 Å². The van der Waals surface area contributed by atoms with Gasteiger partial charge in [0.2, 0.25) is 5.78 Å². The summed E-state index contributed by atoms with van der Waals surface area (Å²) in [6.45, 7) is 0. The molecule has 0 saturated heterocycles. The zero-order valence-electron chi connectivity index (χ0n) is 7.82. The van der Waals surface area contributed by atoms with Gasteiger partial charge in [-0.15, -0.1) is 5.10 Å². The van der Waals surface area contributed by atoms with E-state index >= 15 is 0 Å². The zero-order chi connectivity index (χ0) is 11.3. The van der Waals surface area contributed by atoms with Gasteiger partial charge in [-0.2, -0.15) is 8.42 Å². The maximum absolute atomic E-state index is 11.1. The molecule has 2 aromatic heterocycles. The third-order valence-electron chi connectivity index (χ3n) is 2.23. The molecule has 0 bridgehead atoms. The van der Waals surface area contributed by atoms with E-state index in [-0.39, 0.29) is 5.78 Å². The Hall–Kier alpha value is -1.93. The molecule has 0 aliphatic carbocycles. The van der Waals surface area contributed by atoms with Crippen molar-refractivity contribution in [1.29, 1.82) is 0 Å². The summed E-state index contributed by atoms with van der Waals surface area (Å²) in [5, 5.41) is 5.50. The Labute approximate surface area is 89.5 Å². The number of benzene rings is 1. The lowest BCUT2D eigenvalue weighted by atomic mass is 10.3. The molecule has 0 atom stereocenters. The second kappa shape index (κ2) is 2.80. The van der Waals surface area contributed by atoms with Gasteiger partial charge in [0.1, 0.15) is 0 Å². The van der Waals surface area contributed by atoms with Crippen LogP contribution in [0, 0.1) is 0 Å². The lowest BCUT2D eigenvalue weighted by Gasteiger charge is -1.93. The smallest absolute Gasteiger partial charge is 0.279 e. The van der Waals surface area contributed by atoms with Crippen molar-refractivity contribution in [3.05, 3.63) is 24.3 Å². The van der Waals surface area contributed by atoms with Crippen LogP contribution in [-0.4, -0.2) is 32.6 Å². The van der Waals surface area contributed by atoms with E-state index in [9.17, 15) is 8.42 Å². The molecule has 0 aliphatic rings. The molecule has 0 saturated carbocycles. The van der Waals surface area contributed by atoms with Crippen molar-refractivity contribution < 1.29 is 13.0 Å². The molecular formula is C8H6N4O3S. The summed E-state index contributed by atoms with van der Waals surface area (Å²) in [6.07, 6.45) is 0. The fourth-order valence-electron chi connectivity index (χ4n) is 1.62. The summed E-state index contributed by atoms with van der Waals surface area (Å²) in [6, 6.07) is 6.97. The van der Waals surface area contributed by atoms with Crippen molar-refractivity contribution in [2.45, 2.75) is 5.16 Å². The van der Waals surface area contributed by atoms with E-state index in [0.29, 0.717) is 11.0 Å². The number of hydrogen-bond acceptors (Lipinski definition) is 4. The molecule has 0 unspecified atom stereocenters. The van der Waals surface area contributed by atoms with Crippen molar-refractivity contribution in [2.75, 3.05) is 0 Å². The third-order valence-corrected chi connectivity index (χ3v) is 2.97. The molecule has 0 radical (unpaired) electrons. The second-order valence-corrected chi connectivity index (χ2v) is 4.56. The highest BCUT2D eigenvalue weighted by Gasteiger charge is 2.20. The van der Waals surface area contributed by atoms with Crippen molar-refractivity contribution >= 4 is 26.9 Å². The molecular weight excluding hydrogens is 232 g/mol. The lowest BCUT2D eigenvalue weighted by Crippen LogP contribution is -2.03. The largest absolute Gasteiger partial charge is 0.330 e. The van der Waals surface area contributed by atoms with Gasteiger partial charge in [-0.25, -0.2) is 14.5 Å². The predicted molar refractivity (Wildman–Crippen MR) is 54.7 cm³/mol. The van der Waals surface area contributed by atoms with Crippen molar-refractivity contribution in [3.8, 4) is 0 Å². The van der Waals surface area contributed by atoms with Crippen LogP contribution >= 0.6 is 0 Å². The Bertz CT molecular complexity index is 786. The van der Waals surface area contributed by atoms with Crippen LogP contribution < -0.4 is 0 Å². The molecule has 7 nitrogen and oxygen atoms in total. The first-order valence-electron chi connectivity index (χ1n) is 4.36. The topological polar surface area (TPSA) is 100 Å². The van der Waals surface area contributed by atoms with Crippen LogP contribution in [0.2, 0.25) is 0 Å². The van der Waals surface area contributed by atoms with Crippen LogP contribution in [-0.2, 0) is 10.1 Å². The molecule has 3 rings (SSSR count). The SMILES string of the molecule is O=S(=O)(O)c1n[nH]c2nc3ccccc3n12. The van der Waals surface area contributed by atoms with E-state index in [1.807, 2.05) is 0 Å². The van der Waals surface area contributed by atoms with E-state index in [4.69, 9.17) is 4.55 Å². The van der Waals surface area contributed by atoms with Gasteiger partial charge in [0, 0.05) is 0 Å². The van der Waals surface area contributed by atoms with Crippen LogP contribution in [0.4, 0.5) is 0 Å². The molecule has 0 spiro atoms. The Morgan fingerprint density at radius 2 is 2.06 bits per heavy atom. The van der Waals surface area contributed by atoms with Crippen LogP contribution in [0.5, 0.6) is 0 Å². The molecule has 16 heavy (non-hydrogen) atoms. The summed E-state index contributed by atoms with van der Waals surface area (Å²) in [7, 11) is -4.37. The number of rotatable bonds is 1. The average molecular weight is 238 g/mol. The number of aromatic nitrogens is 4. The number of nitrogens with zero attached hydrogens (tertiary/aromatic N) is 3. The highest BCUT2D eigenvalue weighted by molar-refractivity contribution is 7.85. The van der Waals surface area contributed by atoms with E-state index in [1.165, 1.54) is 4.40 Å². The van der Waals surface area contributed by atoms with E-state index in [2.05, 4.69) is 15.2 Å². The first-order valence-corrected chi connectivity index (χ1v) is 5.80. The molecule has 3 aromatic rings. The Kier molecular flexibility index (Phi) is 1.63. The minimum atomic E-state index is -4.37. The van der Waals surface area contributed by atoms with E-state index in [1.54, 1.807) is 24.3 Å². The normalized spacial score (nSPS) is 12.6. The fraction of sp³-hybridized carbons (Fsp3) is 0. The number of imidazole rings is 1. The first-order chi connectivity index (χ1) is 7.57. The highest BCUT2D eigenvalue weighted by atomic mass is 32.2. The van der Waals surface area contributed by atoms with Gasteiger partial charge < -0.3 is 0 Å². The lowest BCUT2D eigenvalue weighted by molar-refractivity contribution is 0.473. The third kappa shape index (κ3) is 1.14. The highest BCUT2D eigenvalue weighted by Crippen LogP contribution is 2.18. The quantitative estimate of drug-likeness (QED) is 0.600. The van der Waals surface area contributed by atoms with E-state index < -0.39 is 15.3 Å². The number of aromatic amines is 1. The molecule has 2 N–H and O–H groups in total. The van der Waals surface area contributed by atoms with Crippen LogP contribution in [0.1, 0.15) is 0 Å². The predicted octanol–water partition coefficient (Wildman–Crippen LogP) is 0.457. The summed E-state index contributed by atoms with van der Waals surface area (Å²) >= 11 is 0. The average Bonchev–Trinajstić information content (AvgIpc) is 2.73. The van der Waals surface area contributed by atoms with Gasteiger partial charge in [0.25, 0.3) is 5.16 Å². The van der Waals surface area contributed by atoms with Gasteiger partial charge >= 0.3 is 10.1 Å². The molecule has 82 valence electrons. The monoisotopic (exact) mass is 238 g/mol. The van der Waals surface area contributed by atoms with Crippen LogP contribution in [0.25, 0.3) is 16.8 Å². The summed E-state index contributed by atoms with van der Waals surface area (Å²) in [5.74, 6) is 0.272. The van der Waals surface area contributed by atoms with Crippen molar-refractivity contribution in [3.63, 3.8) is 0 Å². The zero-order valence-corrected chi connectivity index (χ0v) is 8.64. The summed E-state index contributed by atoms with van der Waals surface area (Å²) in [5.41, 5.74) is 1.19. The van der Waals surface area contributed by atoms with E-state index in [0.717, 1.165) is 0 Å². The molecule has 2 heterocycles. The molecule has 1 aromatic carbocycles. The van der Waals surface area contributed by atoms with Crippen LogP contribution in [0.3, 0.4) is 0 Å². The fourth-order valence-corrected chi connectivity index (χ4v) is 2.19. The molecule has 0 fully saturated rings. The number of fused-ring (bicyclic) bond motifs is 3. The maximum Gasteiger partial charge on any atom is 0.330 e. The van der Waals surface area contributed by atoms with Gasteiger partial charge in [-0.1, -0.05) is 12.1 Å². The maximum atomic E-state index is 11.1. The Morgan fingerprint density at radius 3 is 2.81 bits per heavy atom. The van der Waals surface area contributed by atoms with Crippen molar-refractivity contribution in [1.82, 2.24) is 19.6 Å². The number of H-pyrrole nitrogens is 1. The molecule has 0 amide bonds. The van der Waals surface area contributed by atoms with Crippen LogP contribution in [0.15, 0.2) is 29.4 Å². The summed E-state index contributed by atoms with van der Waals surface area (Å²) < 4.78 is 32.4. The number of hydrogen-bond donors (Lipinski definition) is 2. The van der Waals surface area contributed by atoms with Crippen molar-refractivity contribution in [2.24, 2.45) is 0 Å². The van der Waals surface area contributed by atoms with Gasteiger partial charge in [0.15, 0.2) is 0 Å². The second-order valence-electron chi connectivity index (χ2n) is 3.24. The minimum absolute atomic E-state index is 0.272. The molecule has 8 heteroatoms. The number of nitrogens with one attached hydrogen (secondary N) is 1. The first kappa shape index (κ1) is 9.31. The summed E-state index contributed by atoms with van der Waals surface area (Å²) in [4.78, 5) is 4.12. The van der Waals surface area contributed by atoms with Gasteiger partial charge in [0.05, 0.1) is 11.0 Å². The minimum Gasteiger partial charge on any atom is -0.279 e.